The zero-order valence-electron chi connectivity index (χ0n) is 11.9. The highest BCUT2D eigenvalue weighted by molar-refractivity contribution is 5.78. The lowest BCUT2D eigenvalue weighted by Crippen LogP contribution is -2.44. The largest absolute Gasteiger partial charge is 0.459 e. The van der Waals surface area contributed by atoms with Gasteiger partial charge in [-0.3, -0.25) is 0 Å². The molecule has 0 unspecified atom stereocenters. The van der Waals surface area contributed by atoms with E-state index < -0.39 is 0 Å². The number of aliphatic imine (C=N–C) groups is 1. The first kappa shape index (κ1) is 13.7. The van der Waals surface area contributed by atoms with Gasteiger partial charge in [0.25, 0.3) is 0 Å². The summed E-state index contributed by atoms with van der Waals surface area (Å²) < 4.78 is 11.1. The number of hydrogen-bond acceptors (Lipinski definition) is 3. The van der Waals surface area contributed by atoms with Gasteiger partial charge in [0.15, 0.2) is 5.96 Å². The summed E-state index contributed by atoms with van der Waals surface area (Å²) >= 11 is 0. The van der Waals surface area contributed by atoms with E-state index in [4.69, 9.17) is 14.9 Å². The molecule has 1 aliphatic heterocycles. The summed E-state index contributed by atoms with van der Waals surface area (Å²) in [5, 5.41) is 0. The van der Waals surface area contributed by atoms with Gasteiger partial charge >= 0.3 is 0 Å². The van der Waals surface area contributed by atoms with Crippen LogP contribution < -0.4 is 5.73 Å². The van der Waals surface area contributed by atoms with Crippen LogP contribution >= 0.6 is 0 Å². The van der Waals surface area contributed by atoms with E-state index in [1.807, 2.05) is 47.4 Å². The number of rotatable bonds is 3. The molecular formula is C16H19N3O2. The SMILES string of the molecule is NC(=NCc1ccc(-c2ccccc2)o1)N1CCOCC1. The standard InChI is InChI=1S/C16H19N3O2/c17-16(19-8-10-20-11-9-19)18-12-14-6-7-15(21-14)13-4-2-1-3-5-13/h1-7H,8-12H2,(H2,17,18). The normalized spacial score (nSPS) is 16.2. The Kier molecular flexibility index (Phi) is 4.21. The maximum atomic E-state index is 5.99. The van der Waals surface area contributed by atoms with Crippen molar-refractivity contribution in [2.75, 3.05) is 26.3 Å². The van der Waals surface area contributed by atoms with Crippen LogP contribution in [0.15, 0.2) is 51.9 Å². The number of benzene rings is 1. The zero-order chi connectivity index (χ0) is 14.5. The summed E-state index contributed by atoms with van der Waals surface area (Å²) in [6, 6.07) is 13.9. The Labute approximate surface area is 124 Å². The maximum absolute atomic E-state index is 5.99. The van der Waals surface area contributed by atoms with Crippen LogP contribution in [0.25, 0.3) is 11.3 Å². The lowest BCUT2D eigenvalue weighted by atomic mass is 10.2. The van der Waals surface area contributed by atoms with E-state index in [0.29, 0.717) is 25.7 Å². The van der Waals surface area contributed by atoms with E-state index in [9.17, 15) is 0 Å². The van der Waals surface area contributed by atoms with Gasteiger partial charge in [-0.15, -0.1) is 0 Å². The number of morpholine rings is 1. The van der Waals surface area contributed by atoms with E-state index in [-0.39, 0.29) is 0 Å². The zero-order valence-corrected chi connectivity index (χ0v) is 11.9. The molecule has 0 atom stereocenters. The number of nitrogens with zero attached hydrogens (tertiary/aromatic N) is 2. The summed E-state index contributed by atoms with van der Waals surface area (Å²) in [4.78, 5) is 6.43. The maximum Gasteiger partial charge on any atom is 0.191 e. The predicted molar refractivity (Wildman–Crippen MR) is 81.9 cm³/mol. The van der Waals surface area contributed by atoms with Gasteiger partial charge in [0.1, 0.15) is 18.1 Å². The molecule has 2 heterocycles. The van der Waals surface area contributed by atoms with Gasteiger partial charge in [0.05, 0.1) is 13.2 Å². The van der Waals surface area contributed by atoms with Crippen molar-refractivity contribution in [2.24, 2.45) is 10.7 Å². The molecule has 0 radical (unpaired) electrons. The third-order valence-electron chi connectivity index (χ3n) is 3.45. The number of hydrogen-bond donors (Lipinski definition) is 1. The molecule has 3 rings (SSSR count). The van der Waals surface area contributed by atoms with Crippen LogP contribution in [0, 0.1) is 0 Å². The lowest BCUT2D eigenvalue weighted by molar-refractivity contribution is 0.0674. The monoisotopic (exact) mass is 285 g/mol. The van der Waals surface area contributed by atoms with Crippen molar-refractivity contribution in [3.8, 4) is 11.3 Å². The van der Waals surface area contributed by atoms with E-state index in [1.54, 1.807) is 0 Å². The van der Waals surface area contributed by atoms with Gasteiger partial charge in [0.2, 0.25) is 0 Å². The van der Waals surface area contributed by atoms with Crippen LogP contribution in [0.3, 0.4) is 0 Å². The van der Waals surface area contributed by atoms with Crippen molar-refractivity contribution >= 4 is 5.96 Å². The molecule has 110 valence electrons. The molecule has 0 bridgehead atoms. The molecule has 1 aromatic heterocycles. The molecular weight excluding hydrogens is 266 g/mol. The van der Waals surface area contributed by atoms with E-state index in [2.05, 4.69) is 4.99 Å². The molecule has 5 heteroatoms. The lowest BCUT2D eigenvalue weighted by Gasteiger charge is -2.27. The van der Waals surface area contributed by atoms with Gasteiger partial charge in [-0.1, -0.05) is 30.3 Å². The average molecular weight is 285 g/mol. The molecule has 21 heavy (non-hydrogen) atoms. The summed E-state index contributed by atoms with van der Waals surface area (Å²) in [6.45, 7) is 3.45. The quantitative estimate of drug-likeness (QED) is 0.693. The first-order chi connectivity index (χ1) is 10.3. The molecule has 1 fully saturated rings. The highest BCUT2D eigenvalue weighted by atomic mass is 16.5. The summed E-state index contributed by atoms with van der Waals surface area (Å²) in [6.07, 6.45) is 0. The number of nitrogens with two attached hydrogens (primary N) is 1. The highest BCUT2D eigenvalue weighted by Gasteiger charge is 2.12. The van der Waals surface area contributed by atoms with Gasteiger partial charge in [0, 0.05) is 18.7 Å². The molecule has 1 aliphatic rings. The first-order valence-corrected chi connectivity index (χ1v) is 7.10. The second kappa shape index (κ2) is 6.45. The average Bonchev–Trinajstić information content (AvgIpc) is 3.03. The Morgan fingerprint density at radius 3 is 2.62 bits per heavy atom. The van der Waals surface area contributed by atoms with Gasteiger partial charge in [-0.05, 0) is 12.1 Å². The molecule has 0 saturated carbocycles. The summed E-state index contributed by atoms with van der Waals surface area (Å²) in [5.74, 6) is 2.21. The molecule has 5 nitrogen and oxygen atoms in total. The van der Waals surface area contributed by atoms with E-state index >= 15 is 0 Å². The minimum atomic E-state index is 0.454. The van der Waals surface area contributed by atoms with Crippen molar-refractivity contribution in [2.45, 2.75) is 6.54 Å². The molecule has 2 aromatic rings. The Bertz CT molecular complexity index is 601. The molecule has 0 spiro atoms. The second-order valence-corrected chi connectivity index (χ2v) is 4.91. The Hall–Kier alpha value is -2.27. The Morgan fingerprint density at radius 1 is 1.10 bits per heavy atom. The van der Waals surface area contributed by atoms with Crippen LogP contribution in [-0.4, -0.2) is 37.2 Å². The van der Waals surface area contributed by atoms with Crippen LogP contribution in [0.1, 0.15) is 5.76 Å². The van der Waals surface area contributed by atoms with Crippen LogP contribution in [-0.2, 0) is 11.3 Å². The molecule has 2 N–H and O–H groups in total. The van der Waals surface area contributed by atoms with Crippen LogP contribution in [0.4, 0.5) is 0 Å². The summed E-state index contributed by atoms with van der Waals surface area (Å²) in [7, 11) is 0. The Balaban J connectivity index is 1.64. The topological polar surface area (TPSA) is 64.0 Å². The fraction of sp³-hybridized carbons (Fsp3) is 0.312. The second-order valence-electron chi connectivity index (χ2n) is 4.91. The van der Waals surface area contributed by atoms with Gasteiger partial charge in [-0.25, -0.2) is 4.99 Å². The summed E-state index contributed by atoms with van der Waals surface area (Å²) in [5.41, 5.74) is 7.06. The Morgan fingerprint density at radius 2 is 1.86 bits per heavy atom. The first-order valence-electron chi connectivity index (χ1n) is 7.10. The fourth-order valence-corrected chi connectivity index (χ4v) is 2.27. The van der Waals surface area contributed by atoms with Crippen LogP contribution in [0.2, 0.25) is 0 Å². The van der Waals surface area contributed by atoms with E-state index in [0.717, 1.165) is 30.2 Å². The van der Waals surface area contributed by atoms with Gasteiger partial charge in [-0.2, -0.15) is 0 Å². The third-order valence-corrected chi connectivity index (χ3v) is 3.45. The van der Waals surface area contributed by atoms with Crippen molar-refractivity contribution < 1.29 is 9.15 Å². The van der Waals surface area contributed by atoms with Crippen LogP contribution in [0.5, 0.6) is 0 Å². The highest BCUT2D eigenvalue weighted by Crippen LogP contribution is 2.22. The van der Waals surface area contributed by atoms with Gasteiger partial charge < -0.3 is 19.8 Å². The minimum Gasteiger partial charge on any atom is -0.459 e. The fourth-order valence-electron chi connectivity index (χ4n) is 2.27. The number of ether oxygens (including phenoxy) is 1. The smallest absolute Gasteiger partial charge is 0.191 e. The van der Waals surface area contributed by atoms with Crippen molar-refractivity contribution in [3.63, 3.8) is 0 Å². The van der Waals surface area contributed by atoms with Crippen molar-refractivity contribution in [1.29, 1.82) is 0 Å². The van der Waals surface area contributed by atoms with E-state index in [1.165, 1.54) is 0 Å². The van der Waals surface area contributed by atoms with Crippen molar-refractivity contribution in [1.82, 2.24) is 4.90 Å². The molecule has 0 amide bonds. The molecule has 1 saturated heterocycles. The minimum absolute atomic E-state index is 0.454. The predicted octanol–water partition coefficient (Wildman–Crippen LogP) is 2.09. The molecule has 1 aromatic carbocycles. The number of guanidine groups is 1. The van der Waals surface area contributed by atoms with Crippen molar-refractivity contribution in [3.05, 3.63) is 48.2 Å². The number of furan rings is 1. The third kappa shape index (κ3) is 3.44. The molecule has 0 aliphatic carbocycles.